The highest BCUT2D eigenvalue weighted by Crippen LogP contribution is 2.16. The number of likely N-dealkylation sites (N-methyl/N-ethyl adjacent to an activating group) is 1. The first kappa shape index (κ1) is 12.2. The van der Waals surface area contributed by atoms with Crippen molar-refractivity contribution in [1.82, 2.24) is 9.88 Å². The molecule has 0 bridgehead atoms. The highest BCUT2D eigenvalue weighted by atomic mass is 32.1. The van der Waals surface area contributed by atoms with E-state index >= 15 is 0 Å². The Kier molecular flexibility index (Phi) is 3.85. The van der Waals surface area contributed by atoms with E-state index in [2.05, 4.69) is 4.98 Å². The lowest BCUT2D eigenvalue weighted by atomic mass is 9.95. The van der Waals surface area contributed by atoms with Gasteiger partial charge in [0.2, 0.25) is 5.91 Å². The molecular weight excluding hydrogens is 208 g/mol. The van der Waals surface area contributed by atoms with Crippen LogP contribution in [-0.2, 0) is 11.2 Å². The topological polar surface area (TPSA) is 33.2 Å². The van der Waals surface area contributed by atoms with E-state index in [-0.39, 0.29) is 11.3 Å². The van der Waals surface area contributed by atoms with Crippen LogP contribution in [0.25, 0.3) is 0 Å². The smallest absolute Gasteiger partial charge is 0.227 e. The van der Waals surface area contributed by atoms with Gasteiger partial charge in [0.15, 0.2) is 0 Å². The normalized spacial score (nSPS) is 11.5. The van der Waals surface area contributed by atoms with Gasteiger partial charge in [-0.1, -0.05) is 20.8 Å². The highest BCUT2D eigenvalue weighted by molar-refractivity contribution is 7.09. The van der Waals surface area contributed by atoms with Crippen molar-refractivity contribution in [3.63, 3.8) is 0 Å². The molecule has 1 rings (SSSR count). The van der Waals surface area contributed by atoms with Crippen LogP contribution in [0, 0.1) is 5.41 Å². The molecule has 1 aromatic heterocycles. The van der Waals surface area contributed by atoms with Crippen molar-refractivity contribution in [2.24, 2.45) is 5.41 Å². The van der Waals surface area contributed by atoms with Gasteiger partial charge >= 0.3 is 0 Å². The quantitative estimate of drug-likeness (QED) is 0.791. The predicted octanol–water partition coefficient (Wildman–Crippen LogP) is 2.19. The van der Waals surface area contributed by atoms with Gasteiger partial charge in [-0.2, -0.15) is 0 Å². The predicted molar refractivity (Wildman–Crippen MR) is 62.9 cm³/mol. The van der Waals surface area contributed by atoms with E-state index in [4.69, 9.17) is 0 Å². The molecule has 0 unspecified atom stereocenters. The maximum Gasteiger partial charge on any atom is 0.227 e. The average molecular weight is 226 g/mol. The van der Waals surface area contributed by atoms with Crippen molar-refractivity contribution < 1.29 is 4.79 Å². The van der Waals surface area contributed by atoms with Crippen LogP contribution in [0.1, 0.15) is 25.8 Å². The Morgan fingerprint density at radius 1 is 1.53 bits per heavy atom. The largest absolute Gasteiger partial charge is 0.345 e. The maximum atomic E-state index is 11.8. The average Bonchev–Trinajstić information content (AvgIpc) is 2.63. The second-order valence-corrected chi connectivity index (χ2v) is 5.63. The number of thiazole rings is 1. The number of carbonyl (C=O) groups excluding carboxylic acids is 1. The molecule has 0 saturated heterocycles. The number of rotatable bonds is 3. The molecule has 3 nitrogen and oxygen atoms in total. The van der Waals surface area contributed by atoms with Crippen molar-refractivity contribution >= 4 is 17.2 Å². The number of hydrogen-bond donors (Lipinski definition) is 0. The van der Waals surface area contributed by atoms with Crippen molar-refractivity contribution in [1.29, 1.82) is 0 Å². The third-order valence-corrected chi connectivity index (χ3v) is 2.97. The lowest BCUT2D eigenvalue weighted by Crippen LogP contribution is -2.37. The molecule has 15 heavy (non-hydrogen) atoms. The summed E-state index contributed by atoms with van der Waals surface area (Å²) in [7, 11) is 1.85. The second kappa shape index (κ2) is 4.75. The maximum absolute atomic E-state index is 11.8. The van der Waals surface area contributed by atoms with Crippen LogP contribution in [0.5, 0.6) is 0 Å². The summed E-state index contributed by atoms with van der Waals surface area (Å²) in [6.45, 7) is 6.56. The second-order valence-electron chi connectivity index (χ2n) is 4.65. The lowest BCUT2D eigenvalue weighted by molar-refractivity contribution is -0.138. The van der Waals surface area contributed by atoms with Gasteiger partial charge in [-0.25, -0.2) is 4.98 Å². The van der Waals surface area contributed by atoms with Gasteiger partial charge in [0.25, 0.3) is 0 Å². The Bertz CT molecular complexity index is 314. The van der Waals surface area contributed by atoms with Gasteiger partial charge < -0.3 is 4.90 Å². The van der Waals surface area contributed by atoms with Gasteiger partial charge in [-0.05, 0) is 0 Å². The van der Waals surface area contributed by atoms with E-state index in [9.17, 15) is 4.79 Å². The van der Waals surface area contributed by atoms with E-state index in [1.807, 2.05) is 33.2 Å². The molecule has 0 aromatic carbocycles. The molecule has 0 radical (unpaired) electrons. The molecule has 0 atom stereocenters. The molecule has 0 aliphatic heterocycles. The molecule has 0 aliphatic rings. The number of amides is 1. The van der Waals surface area contributed by atoms with Crippen LogP contribution in [0.15, 0.2) is 11.6 Å². The minimum atomic E-state index is -0.294. The summed E-state index contributed by atoms with van der Waals surface area (Å²) in [5, 5.41) is 3.05. The zero-order valence-electron chi connectivity index (χ0n) is 9.78. The number of nitrogens with zero attached hydrogens (tertiary/aromatic N) is 2. The lowest BCUT2D eigenvalue weighted by Gasteiger charge is -2.25. The fraction of sp³-hybridized carbons (Fsp3) is 0.636. The highest BCUT2D eigenvalue weighted by Gasteiger charge is 2.24. The monoisotopic (exact) mass is 226 g/mol. The Labute approximate surface area is 95.1 Å². The van der Waals surface area contributed by atoms with E-state index in [0.29, 0.717) is 0 Å². The Balaban J connectivity index is 2.43. The molecule has 1 amide bonds. The van der Waals surface area contributed by atoms with Crippen molar-refractivity contribution in [3.05, 3.63) is 16.6 Å². The van der Waals surface area contributed by atoms with E-state index in [0.717, 1.165) is 18.0 Å². The fourth-order valence-corrected chi connectivity index (χ4v) is 1.92. The van der Waals surface area contributed by atoms with Crippen molar-refractivity contribution in [3.8, 4) is 0 Å². The third kappa shape index (κ3) is 3.63. The summed E-state index contributed by atoms with van der Waals surface area (Å²) >= 11 is 1.64. The minimum Gasteiger partial charge on any atom is -0.345 e. The first-order chi connectivity index (χ1) is 6.91. The van der Waals surface area contributed by atoms with Crippen LogP contribution in [0.3, 0.4) is 0 Å². The molecule has 0 spiro atoms. The molecular formula is C11H18N2OS. The van der Waals surface area contributed by atoms with Gasteiger partial charge in [0, 0.05) is 37.0 Å². The van der Waals surface area contributed by atoms with Crippen LogP contribution in [0.2, 0.25) is 0 Å². The third-order valence-electron chi connectivity index (χ3n) is 2.13. The first-order valence-corrected chi connectivity index (χ1v) is 5.93. The van der Waals surface area contributed by atoms with Crippen LogP contribution in [-0.4, -0.2) is 29.4 Å². The Morgan fingerprint density at radius 3 is 2.67 bits per heavy atom. The summed E-state index contributed by atoms with van der Waals surface area (Å²) in [6, 6.07) is 0. The first-order valence-electron chi connectivity index (χ1n) is 5.05. The summed E-state index contributed by atoms with van der Waals surface area (Å²) < 4.78 is 0. The minimum absolute atomic E-state index is 0.180. The molecule has 0 aliphatic carbocycles. The summed E-state index contributed by atoms with van der Waals surface area (Å²) in [4.78, 5) is 17.8. The number of aromatic nitrogens is 1. The van der Waals surface area contributed by atoms with Crippen molar-refractivity contribution in [2.45, 2.75) is 27.2 Å². The molecule has 1 aromatic rings. The molecule has 0 N–H and O–H groups in total. The molecule has 84 valence electrons. The van der Waals surface area contributed by atoms with E-state index in [1.54, 1.807) is 22.4 Å². The van der Waals surface area contributed by atoms with Gasteiger partial charge in [-0.15, -0.1) is 11.3 Å². The summed E-state index contributed by atoms with van der Waals surface area (Å²) in [5.74, 6) is 0.180. The number of hydrogen-bond acceptors (Lipinski definition) is 3. The van der Waals surface area contributed by atoms with Gasteiger partial charge in [-0.3, -0.25) is 4.79 Å². The van der Waals surface area contributed by atoms with E-state index < -0.39 is 0 Å². The Morgan fingerprint density at radius 2 is 2.20 bits per heavy atom. The molecule has 0 saturated carbocycles. The molecule has 0 fully saturated rings. The SMILES string of the molecule is CN(CCc1nccs1)C(=O)C(C)(C)C. The standard InChI is InChI=1S/C11H18N2OS/c1-11(2,3)10(14)13(4)7-5-9-12-6-8-15-9/h6,8H,5,7H2,1-4H3. The van der Waals surface area contributed by atoms with Gasteiger partial charge in [0.1, 0.15) is 0 Å². The van der Waals surface area contributed by atoms with Gasteiger partial charge in [0.05, 0.1) is 5.01 Å². The number of carbonyl (C=O) groups is 1. The van der Waals surface area contributed by atoms with Crippen LogP contribution >= 0.6 is 11.3 Å². The Hall–Kier alpha value is -0.900. The zero-order chi connectivity index (χ0) is 11.5. The molecule has 4 heteroatoms. The van der Waals surface area contributed by atoms with Crippen LogP contribution in [0.4, 0.5) is 0 Å². The zero-order valence-corrected chi connectivity index (χ0v) is 10.6. The molecule has 1 heterocycles. The summed E-state index contributed by atoms with van der Waals surface area (Å²) in [6.07, 6.45) is 2.64. The van der Waals surface area contributed by atoms with Crippen molar-refractivity contribution in [2.75, 3.05) is 13.6 Å². The van der Waals surface area contributed by atoms with Crippen LogP contribution < -0.4 is 0 Å². The van der Waals surface area contributed by atoms with E-state index in [1.165, 1.54) is 0 Å². The fourth-order valence-electron chi connectivity index (χ4n) is 1.31. The summed E-state index contributed by atoms with van der Waals surface area (Å²) in [5.41, 5.74) is -0.294.